The van der Waals surface area contributed by atoms with Gasteiger partial charge in [-0.25, -0.2) is 9.69 Å². The van der Waals surface area contributed by atoms with Crippen LogP contribution < -0.4 is 16.4 Å². The second kappa shape index (κ2) is 10.6. The summed E-state index contributed by atoms with van der Waals surface area (Å²) in [5, 5.41) is 6.01. The largest absolute Gasteiger partial charge is 0.443 e. The van der Waals surface area contributed by atoms with Gasteiger partial charge in [0.15, 0.2) is 6.73 Å². The second-order valence-electron chi connectivity index (χ2n) is 8.34. The van der Waals surface area contributed by atoms with Crippen LogP contribution in [0.25, 0.3) is 0 Å². The van der Waals surface area contributed by atoms with Crippen LogP contribution in [-0.2, 0) is 32.2 Å². The number of anilines is 1. The number of nitrogens with two attached hydrogens (primary N) is 1. The molecule has 0 aliphatic carbocycles. The Morgan fingerprint density at radius 3 is 2.72 bits per heavy atom. The molecule has 190 valence electrons. The van der Waals surface area contributed by atoms with Gasteiger partial charge in [0.05, 0.1) is 18.0 Å². The third-order valence-electron chi connectivity index (χ3n) is 5.89. The number of halogens is 1. The number of piperidine rings is 1. The smallest absolute Gasteiger partial charge is 0.321 e. The fourth-order valence-electron chi connectivity index (χ4n) is 3.96. The fourth-order valence-corrected chi connectivity index (χ4v) is 5.21. The molecule has 2 aliphatic rings. The number of likely N-dealkylation sites (tertiary alicyclic amines) is 1. The minimum absolute atomic E-state index is 0.0461. The van der Waals surface area contributed by atoms with Gasteiger partial charge in [-0.05, 0) is 42.7 Å². The zero-order valence-corrected chi connectivity index (χ0v) is 20.9. The number of ether oxygens (including phenoxy) is 1. The first-order valence-corrected chi connectivity index (χ1v) is 12.3. The maximum absolute atomic E-state index is 13.1. The van der Waals surface area contributed by atoms with E-state index in [1.54, 1.807) is 18.2 Å². The number of carbonyl (C=O) groups excluding carboxylic acids is 5. The number of aryl methyl sites for hydroxylation is 1. The fraction of sp³-hybridized carbons (Fsp3) is 0.348. The summed E-state index contributed by atoms with van der Waals surface area (Å²) >= 11 is 7.32. The first-order valence-electron chi connectivity index (χ1n) is 11.1. The predicted molar refractivity (Wildman–Crippen MR) is 131 cm³/mol. The first kappa shape index (κ1) is 25.6. The number of nitrogens with zero attached hydrogens (tertiary/aromatic N) is 2. The summed E-state index contributed by atoms with van der Waals surface area (Å²) in [7, 11) is 0. The van der Waals surface area contributed by atoms with Crippen molar-refractivity contribution in [3.8, 4) is 0 Å². The lowest BCUT2D eigenvalue weighted by Crippen LogP contribution is -2.55. The van der Waals surface area contributed by atoms with Crippen molar-refractivity contribution in [2.45, 2.75) is 38.9 Å². The number of amides is 5. The Bertz CT molecular complexity index is 1250. The molecule has 4 N–H and O–H groups in total. The maximum Gasteiger partial charge on any atom is 0.321 e. The van der Waals surface area contributed by atoms with Crippen molar-refractivity contribution in [3.63, 3.8) is 0 Å². The van der Waals surface area contributed by atoms with E-state index in [4.69, 9.17) is 22.1 Å². The minimum Gasteiger partial charge on any atom is -0.443 e. The van der Waals surface area contributed by atoms with Gasteiger partial charge in [-0.1, -0.05) is 17.7 Å². The maximum atomic E-state index is 13.1. The van der Waals surface area contributed by atoms with Gasteiger partial charge in [0, 0.05) is 28.6 Å². The van der Waals surface area contributed by atoms with E-state index in [2.05, 4.69) is 10.6 Å². The van der Waals surface area contributed by atoms with Crippen molar-refractivity contribution in [2.24, 2.45) is 5.73 Å². The van der Waals surface area contributed by atoms with Crippen LogP contribution in [0.5, 0.6) is 0 Å². The standard InChI is InChI=1S/C23H24ClN5O6S/c1-12-2-3-14(7-16(12)24)27-23(34)26-9-15-6-13-10-28(22(33)20(13)36-15)17-4-5-18(30)29(21(17)32)11-35-19(31)8-25/h2-3,6-7,17H,4-5,8-11,25H2,1H3,(H2,26,27,34). The van der Waals surface area contributed by atoms with E-state index in [1.165, 1.54) is 16.2 Å². The van der Waals surface area contributed by atoms with Gasteiger partial charge in [0.1, 0.15) is 6.04 Å². The molecule has 36 heavy (non-hydrogen) atoms. The highest BCUT2D eigenvalue weighted by molar-refractivity contribution is 7.14. The van der Waals surface area contributed by atoms with E-state index in [0.717, 1.165) is 20.9 Å². The van der Waals surface area contributed by atoms with Crippen LogP contribution in [0.15, 0.2) is 24.3 Å². The van der Waals surface area contributed by atoms with Gasteiger partial charge in [0.25, 0.3) is 11.8 Å². The Kier molecular flexibility index (Phi) is 7.57. The molecule has 1 aromatic carbocycles. The van der Waals surface area contributed by atoms with Crippen molar-refractivity contribution in [1.29, 1.82) is 0 Å². The molecule has 1 aromatic heterocycles. The zero-order chi connectivity index (χ0) is 26.0. The normalized spacial score (nSPS) is 17.3. The van der Waals surface area contributed by atoms with Gasteiger partial charge < -0.3 is 26.0 Å². The number of nitrogens with one attached hydrogen (secondary N) is 2. The van der Waals surface area contributed by atoms with Gasteiger partial charge >= 0.3 is 12.0 Å². The number of hydrogen-bond acceptors (Lipinski definition) is 8. The van der Waals surface area contributed by atoms with Crippen molar-refractivity contribution >= 4 is 58.3 Å². The molecule has 3 heterocycles. The molecular weight excluding hydrogens is 510 g/mol. The lowest BCUT2D eigenvalue weighted by atomic mass is 10.0. The monoisotopic (exact) mass is 533 g/mol. The summed E-state index contributed by atoms with van der Waals surface area (Å²) in [6.07, 6.45) is 0.238. The number of carbonyl (C=O) groups is 5. The van der Waals surface area contributed by atoms with E-state index in [1.807, 2.05) is 13.0 Å². The number of thiophene rings is 1. The van der Waals surface area contributed by atoms with Gasteiger partial charge in [0.2, 0.25) is 5.91 Å². The van der Waals surface area contributed by atoms with E-state index in [9.17, 15) is 24.0 Å². The summed E-state index contributed by atoms with van der Waals surface area (Å²) in [4.78, 5) is 65.2. The van der Waals surface area contributed by atoms with Crippen molar-refractivity contribution in [1.82, 2.24) is 15.1 Å². The van der Waals surface area contributed by atoms with Crippen LogP contribution in [0, 0.1) is 6.92 Å². The lowest BCUT2D eigenvalue weighted by Gasteiger charge is -2.34. The van der Waals surface area contributed by atoms with Crippen LogP contribution in [0.3, 0.4) is 0 Å². The topological polar surface area (TPSA) is 151 Å². The Hall–Kier alpha value is -3.48. The zero-order valence-electron chi connectivity index (χ0n) is 19.3. The third-order valence-corrected chi connectivity index (χ3v) is 7.46. The SMILES string of the molecule is Cc1ccc(NC(=O)NCc2cc3c(s2)C(=O)N(C2CCC(=O)N(COC(=O)CN)C2=O)C3)cc1Cl. The quantitative estimate of drug-likeness (QED) is 0.363. The number of esters is 1. The molecule has 0 spiro atoms. The van der Waals surface area contributed by atoms with E-state index < -0.39 is 36.6 Å². The van der Waals surface area contributed by atoms with Gasteiger partial charge in [-0.3, -0.25) is 19.2 Å². The number of rotatable bonds is 7. The van der Waals surface area contributed by atoms with Crippen LogP contribution >= 0.6 is 22.9 Å². The molecule has 1 unspecified atom stereocenters. The molecule has 0 saturated carbocycles. The van der Waals surface area contributed by atoms with E-state index >= 15 is 0 Å². The Morgan fingerprint density at radius 2 is 2.03 bits per heavy atom. The highest BCUT2D eigenvalue weighted by Crippen LogP contribution is 2.34. The third kappa shape index (κ3) is 5.35. The van der Waals surface area contributed by atoms with Gasteiger partial charge in [-0.2, -0.15) is 0 Å². The summed E-state index contributed by atoms with van der Waals surface area (Å²) in [5.74, 6) is -2.11. The predicted octanol–water partition coefficient (Wildman–Crippen LogP) is 1.96. The van der Waals surface area contributed by atoms with Crippen LogP contribution in [0.2, 0.25) is 5.02 Å². The molecule has 2 aromatic rings. The summed E-state index contributed by atoms with van der Waals surface area (Å²) in [6, 6.07) is 5.78. The summed E-state index contributed by atoms with van der Waals surface area (Å²) < 4.78 is 4.84. The molecule has 1 saturated heterocycles. The Balaban J connectivity index is 1.34. The Morgan fingerprint density at radius 1 is 1.25 bits per heavy atom. The number of imide groups is 1. The molecule has 1 fully saturated rings. The van der Waals surface area contributed by atoms with E-state index in [0.29, 0.717) is 15.6 Å². The molecular formula is C23H24ClN5O6S. The highest BCUT2D eigenvalue weighted by Gasteiger charge is 2.43. The summed E-state index contributed by atoms with van der Waals surface area (Å²) in [6.45, 7) is 1.39. The minimum atomic E-state index is -0.833. The molecule has 0 bridgehead atoms. The molecule has 0 radical (unpaired) electrons. The average Bonchev–Trinajstić information content (AvgIpc) is 3.38. The van der Waals surface area contributed by atoms with Gasteiger partial charge in [-0.15, -0.1) is 11.3 Å². The molecule has 4 rings (SSSR count). The molecule has 2 aliphatic heterocycles. The lowest BCUT2D eigenvalue weighted by molar-refractivity contribution is -0.163. The van der Waals surface area contributed by atoms with Crippen molar-refractivity contribution < 1.29 is 28.7 Å². The van der Waals surface area contributed by atoms with Crippen molar-refractivity contribution in [2.75, 3.05) is 18.6 Å². The summed E-state index contributed by atoms with van der Waals surface area (Å²) in [5.41, 5.74) is 7.40. The first-order chi connectivity index (χ1) is 17.2. The second-order valence-corrected chi connectivity index (χ2v) is 9.88. The number of urea groups is 1. The van der Waals surface area contributed by atoms with Crippen LogP contribution in [-0.4, -0.2) is 58.8 Å². The number of fused-ring (bicyclic) bond motifs is 1. The molecule has 13 heteroatoms. The number of hydrogen-bond donors (Lipinski definition) is 3. The Labute approximate surface area is 215 Å². The van der Waals surface area contributed by atoms with Crippen LogP contribution in [0.1, 0.15) is 38.5 Å². The molecule has 1 atom stereocenters. The average molecular weight is 534 g/mol. The molecule has 5 amide bonds. The highest BCUT2D eigenvalue weighted by atomic mass is 35.5. The van der Waals surface area contributed by atoms with E-state index in [-0.39, 0.29) is 38.4 Å². The number of benzene rings is 1. The molecule has 11 nitrogen and oxygen atoms in total. The van der Waals surface area contributed by atoms with Crippen molar-refractivity contribution in [3.05, 3.63) is 50.2 Å². The van der Waals surface area contributed by atoms with Crippen LogP contribution in [0.4, 0.5) is 10.5 Å².